The highest BCUT2D eigenvalue weighted by atomic mass is 35.5. The molecule has 5 heteroatoms. The molecule has 0 bridgehead atoms. The molecule has 0 unspecified atom stereocenters. The average molecular weight is 263 g/mol. The highest BCUT2D eigenvalue weighted by Gasteiger charge is 2.11. The fraction of sp³-hybridized carbons (Fsp3) is 0.100. The van der Waals surface area contributed by atoms with Crippen LogP contribution in [0.3, 0.4) is 0 Å². The van der Waals surface area contributed by atoms with Gasteiger partial charge in [0.2, 0.25) is 0 Å². The van der Waals surface area contributed by atoms with Crippen LogP contribution in [0.1, 0.15) is 5.76 Å². The lowest BCUT2D eigenvalue weighted by molar-refractivity contribution is 0.396. The molecule has 1 heterocycles. The largest absolute Gasteiger partial charge is 0.359 e. The summed E-state index contributed by atoms with van der Waals surface area (Å²) >= 11 is 17.5. The summed E-state index contributed by atoms with van der Waals surface area (Å²) in [7, 11) is 0. The fourth-order valence-corrected chi connectivity index (χ4v) is 1.73. The van der Waals surface area contributed by atoms with Crippen LogP contribution < -0.4 is 0 Å². The van der Waals surface area contributed by atoms with Gasteiger partial charge in [0.05, 0.1) is 15.9 Å². The summed E-state index contributed by atoms with van der Waals surface area (Å²) < 4.78 is 4.98. The summed E-state index contributed by atoms with van der Waals surface area (Å²) in [6, 6.07) is 7.09. The van der Waals surface area contributed by atoms with Gasteiger partial charge in [-0.25, -0.2) is 0 Å². The van der Waals surface area contributed by atoms with Crippen LogP contribution in [0, 0.1) is 0 Å². The van der Waals surface area contributed by atoms with Gasteiger partial charge in [-0.1, -0.05) is 40.5 Å². The van der Waals surface area contributed by atoms with E-state index in [1.165, 1.54) is 0 Å². The third-order valence-electron chi connectivity index (χ3n) is 1.92. The van der Waals surface area contributed by atoms with Gasteiger partial charge >= 0.3 is 0 Å². The van der Waals surface area contributed by atoms with E-state index >= 15 is 0 Å². The van der Waals surface area contributed by atoms with E-state index in [2.05, 4.69) is 5.16 Å². The predicted molar refractivity (Wildman–Crippen MR) is 61.5 cm³/mol. The maximum absolute atomic E-state index is 6.03. The summed E-state index contributed by atoms with van der Waals surface area (Å²) in [5.41, 5.74) is 1.38. The van der Waals surface area contributed by atoms with Crippen molar-refractivity contribution in [2.24, 2.45) is 0 Å². The molecule has 0 aliphatic heterocycles. The van der Waals surface area contributed by atoms with E-state index in [1.54, 1.807) is 18.2 Å². The average Bonchev–Trinajstić information content (AvgIpc) is 2.70. The van der Waals surface area contributed by atoms with Crippen molar-refractivity contribution in [1.29, 1.82) is 0 Å². The molecule has 0 N–H and O–H groups in total. The number of halogens is 3. The lowest BCUT2D eigenvalue weighted by Gasteiger charge is -2.00. The molecule has 0 spiro atoms. The maximum atomic E-state index is 6.03. The van der Waals surface area contributed by atoms with Gasteiger partial charge in [-0.05, 0) is 6.07 Å². The van der Waals surface area contributed by atoms with Crippen LogP contribution in [0.5, 0.6) is 0 Å². The van der Waals surface area contributed by atoms with Crippen LogP contribution in [0.25, 0.3) is 11.3 Å². The first kappa shape index (κ1) is 10.8. The molecule has 0 radical (unpaired) electrons. The first-order valence-corrected chi connectivity index (χ1v) is 5.47. The number of rotatable bonds is 2. The molecule has 2 aromatic rings. The Bertz CT molecular complexity index is 481. The molecular weight excluding hydrogens is 256 g/mol. The van der Waals surface area contributed by atoms with Crippen LogP contribution in [-0.4, -0.2) is 5.16 Å². The Morgan fingerprint density at radius 2 is 2.07 bits per heavy atom. The zero-order valence-corrected chi connectivity index (χ0v) is 9.77. The summed E-state index contributed by atoms with van der Waals surface area (Å²) in [5, 5.41) is 4.81. The smallest absolute Gasteiger partial charge is 0.152 e. The third kappa shape index (κ3) is 2.12. The summed E-state index contributed by atoms with van der Waals surface area (Å²) in [6.45, 7) is 0. The summed E-state index contributed by atoms with van der Waals surface area (Å²) in [4.78, 5) is 0. The number of alkyl halides is 1. The van der Waals surface area contributed by atoms with Crippen molar-refractivity contribution in [3.8, 4) is 11.3 Å². The standard InChI is InChI=1S/C10H6Cl3NO/c11-5-6-4-9(14-15-6)7-2-1-3-8(12)10(7)13/h1-4H,5H2. The van der Waals surface area contributed by atoms with Crippen LogP contribution in [0.2, 0.25) is 10.0 Å². The van der Waals surface area contributed by atoms with Crippen molar-refractivity contribution in [2.45, 2.75) is 5.88 Å². The molecular formula is C10H6Cl3NO. The SMILES string of the molecule is ClCc1cc(-c2cccc(Cl)c2Cl)no1. The van der Waals surface area contributed by atoms with Gasteiger partial charge in [-0.15, -0.1) is 11.6 Å². The molecule has 0 atom stereocenters. The van der Waals surface area contributed by atoms with Crippen molar-refractivity contribution in [3.63, 3.8) is 0 Å². The van der Waals surface area contributed by atoms with E-state index < -0.39 is 0 Å². The lowest BCUT2D eigenvalue weighted by atomic mass is 10.1. The minimum Gasteiger partial charge on any atom is -0.359 e. The van der Waals surface area contributed by atoms with E-state index in [0.717, 1.165) is 5.56 Å². The molecule has 2 nitrogen and oxygen atoms in total. The maximum Gasteiger partial charge on any atom is 0.152 e. The van der Waals surface area contributed by atoms with Gasteiger partial charge in [0, 0.05) is 11.6 Å². The monoisotopic (exact) mass is 261 g/mol. The van der Waals surface area contributed by atoms with Gasteiger partial charge in [0.15, 0.2) is 5.76 Å². The molecule has 0 aliphatic rings. The Morgan fingerprint density at radius 3 is 2.73 bits per heavy atom. The van der Waals surface area contributed by atoms with Crippen molar-refractivity contribution in [3.05, 3.63) is 40.1 Å². The van der Waals surface area contributed by atoms with Gasteiger partial charge in [-0.3, -0.25) is 0 Å². The highest BCUT2D eigenvalue weighted by molar-refractivity contribution is 6.43. The van der Waals surface area contributed by atoms with Crippen LogP contribution in [-0.2, 0) is 5.88 Å². The zero-order valence-electron chi connectivity index (χ0n) is 7.51. The molecule has 78 valence electrons. The molecule has 0 amide bonds. The van der Waals surface area contributed by atoms with Crippen LogP contribution in [0.4, 0.5) is 0 Å². The molecule has 0 saturated heterocycles. The number of hydrogen-bond acceptors (Lipinski definition) is 2. The number of hydrogen-bond donors (Lipinski definition) is 0. The van der Waals surface area contributed by atoms with Crippen molar-refractivity contribution >= 4 is 34.8 Å². The fourth-order valence-electron chi connectivity index (χ4n) is 1.20. The topological polar surface area (TPSA) is 26.0 Å². The Morgan fingerprint density at radius 1 is 1.27 bits per heavy atom. The van der Waals surface area contributed by atoms with E-state index in [4.69, 9.17) is 39.3 Å². The van der Waals surface area contributed by atoms with Crippen LogP contribution in [0.15, 0.2) is 28.8 Å². The second-order valence-corrected chi connectivity index (χ2v) is 3.97. The van der Waals surface area contributed by atoms with Crippen molar-refractivity contribution in [2.75, 3.05) is 0 Å². The zero-order chi connectivity index (χ0) is 10.8. The number of aromatic nitrogens is 1. The highest BCUT2D eigenvalue weighted by Crippen LogP contribution is 2.33. The minimum absolute atomic E-state index is 0.283. The second-order valence-electron chi connectivity index (χ2n) is 2.91. The van der Waals surface area contributed by atoms with Crippen LogP contribution >= 0.6 is 34.8 Å². The van der Waals surface area contributed by atoms with E-state index in [1.807, 2.05) is 6.07 Å². The molecule has 1 aromatic carbocycles. The number of benzene rings is 1. The lowest BCUT2D eigenvalue weighted by Crippen LogP contribution is -1.79. The van der Waals surface area contributed by atoms with Gasteiger partial charge in [-0.2, -0.15) is 0 Å². The second kappa shape index (κ2) is 4.44. The minimum atomic E-state index is 0.283. The third-order valence-corrected chi connectivity index (χ3v) is 3.00. The van der Waals surface area contributed by atoms with Crippen molar-refractivity contribution < 1.29 is 4.52 Å². The van der Waals surface area contributed by atoms with E-state index in [9.17, 15) is 0 Å². The quantitative estimate of drug-likeness (QED) is 0.750. The first-order chi connectivity index (χ1) is 7.22. The Hall–Kier alpha value is -0.700. The Labute approximate surface area is 102 Å². The van der Waals surface area contributed by atoms with Crippen molar-refractivity contribution in [1.82, 2.24) is 5.16 Å². The van der Waals surface area contributed by atoms with Gasteiger partial charge in [0.1, 0.15) is 5.69 Å². The summed E-state index contributed by atoms with van der Waals surface area (Å²) in [6.07, 6.45) is 0. The molecule has 0 aliphatic carbocycles. The molecule has 15 heavy (non-hydrogen) atoms. The molecule has 0 fully saturated rings. The first-order valence-electron chi connectivity index (χ1n) is 4.18. The normalized spacial score (nSPS) is 10.6. The predicted octanol–water partition coefficient (Wildman–Crippen LogP) is 4.39. The molecule has 1 aromatic heterocycles. The summed E-state index contributed by atoms with van der Waals surface area (Å²) in [5.74, 6) is 0.883. The molecule has 2 rings (SSSR count). The van der Waals surface area contributed by atoms with Gasteiger partial charge in [0.25, 0.3) is 0 Å². The van der Waals surface area contributed by atoms with E-state index in [0.29, 0.717) is 21.5 Å². The number of nitrogens with zero attached hydrogens (tertiary/aromatic N) is 1. The Balaban J connectivity index is 2.49. The Kier molecular flexibility index (Phi) is 3.19. The molecule has 0 saturated carbocycles. The van der Waals surface area contributed by atoms with E-state index in [-0.39, 0.29) is 5.88 Å². The van der Waals surface area contributed by atoms with Gasteiger partial charge < -0.3 is 4.52 Å².